The van der Waals surface area contributed by atoms with Gasteiger partial charge in [0, 0.05) is 17.6 Å². The maximum absolute atomic E-state index is 12.6. The molecular formula is C9H5F2O3-. The molecule has 0 spiro atoms. The van der Waals surface area contributed by atoms with Crippen molar-refractivity contribution in [2.75, 3.05) is 0 Å². The number of Topliss-reactive ketones (excluding diaryl/α,β-unsaturated/α-hetero) is 1. The third kappa shape index (κ3) is 2.62. The molecule has 0 aliphatic carbocycles. The molecule has 0 fully saturated rings. The van der Waals surface area contributed by atoms with Gasteiger partial charge in [0.15, 0.2) is 5.78 Å². The molecule has 5 heteroatoms. The molecule has 0 aliphatic rings. The summed E-state index contributed by atoms with van der Waals surface area (Å²) in [6, 6.07) is 2.14. The lowest BCUT2D eigenvalue weighted by atomic mass is 10.1. The van der Waals surface area contributed by atoms with Gasteiger partial charge >= 0.3 is 0 Å². The number of carboxylic acids is 1. The molecule has 0 heterocycles. The number of aliphatic carboxylic acids is 1. The van der Waals surface area contributed by atoms with Gasteiger partial charge in [-0.05, 0) is 12.1 Å². The second-order valence-corrected chi connectivity index (χ2v) is 2.63. The summed E-state index contributed by atoms with van der Waals surface area (Å²) in [6.45, 7) is 0. The molecule has 14 heavy (non-hydrogen) atoms. The first kappa shape index (κ1) is 10.3. The van der Waals surface area contributed by atoms with Crippen LogP contribution in [-0.2, 0) is 4.79 Å². The van der Waals surface area contributed by atoms with Crippen LogP contribution in [0.5, 0.6) is 0 Å². The predicted octanol–water partition coefficient (Wildman–Crippen LogP) is 0.288. The van der Waals surface area contributed by atoms with E-state index in [4.69, 9.17) is 0 Å². The molecule has 3 nitrogen and oxygen atoms in total. The van der Waals surface area contributed by atoms with Crippen LogP contribution < -0.4 is 5.11 Å². The SMILES string of the molecule is O=C([O-])CC(=O)c1cc(F)cc(F)c1. The Morgan fingerprint density at radius 2 is 1.64 bits per heavy atom. The number of benzene rings is 1. The van der Waals surface area contributed by atoms with Crippen LogP contribution in [0.1, 0.15) is 16.8 Å². The summed E-state index contributed by atoms with van der Waals surface area (Å²) in [5, 5.41) is 10.0. The molecule has 74 valence electrons. The van der Waals surface area contributed by atoms with Crippen molar-refractivity contribution in [1.82, 2.24) is 0 Å². The molecule has 0 atom stereocenters. The van der Waals surface area contributed by atoms with Crippen molar-refractivity contribution in [3.63, 3.8) is 0 Å². The zero-order valence-electron chi connectivity index (χ0n) is 6.92. The van der Waals surface area contributed by atoms with Crippen molar-refractivity contribution in [3.8, 4) is 0 Å². The van der Waals surface area contributed by atoms with Gasteiger partial charge in [-0.15, -0.1) is 0 Å². The molecule has 0 aliphatic heterocycles. The second-order valence-electron chi connectivity index (χ2n) is 2.63. The Bertz CT molecular complexity index is 367. The largest absolute Gasteiger partial charge is 0.550 e. The van der Waals surface area contributed by atoms with E-state index in [1.54, 1.807) is 0 Å². The van der Waals surface area contributed by atoms with Crippen LogP contribution in [-0.4, -0.2) is 11.8 Å². The average molecular weight is 199 g/mol. The van der Waals surface area contributed by atoms with E-state index in [-0.39, 0.29) is 5.56 Å². The van der Waals surface area contributed by atoms with Gasteiger partial charge in [0.25, 0.3) is 0 Å². The number of hydrogen-bond donors (Lipinski definition) is 0. The van der Waals surface area contributed by atoms with Crippen molar-refractivity contribution in [2.24, 2.45) is 0 Å². The van der Waals surface area contributed by atoms with E-state index >= 15 is 0 Å². The fourth-order valence-electron chi connectivity index (χ4n) is 0.948. The summed E-state index contributed by atoms with van der Waals surface area (Å²) in [5.41, 5.74) is -0.313. The highest BCUT2D eigenvalue weighted by Gasteiger charge is 2.09. The van der Waals surface area contributed by atoms with E-state index in [1.165, 1.54) is 0 Å². The third-order valence-electron chi connectivity index (χ3n) is 1.49. The van der Waals surface area contributed by atoms with E-state index in [0.717, 1.165) is 12.1 Å². The molecule has 0 radical (unpaired) electrons. The Kier molecular flexibility index (Phi) is 2.91. The Labute approximate surface area is 78.0 Å². The molecule has 0 aromatic heterocycles. The number of carboxylic acid groups (broad SMARTS) is 1. The fraction of sp³-hybridized carbons (Fsp3) is 0.111. The molecule has 0 amide bonds. The van der Waals surface area contributed by atoms with E-state index in [0.29, 0.717) is 6.07 Å². The molecule has 0 N–H and O–H groups in total. The number of ketones is 1. The van der Waals surface area contributed by atoms with Crippen molar-refractivity contribution < 1.29 is 23.5 Å². The van der Waals surface area contributed by atoms with Gasteiger partial charge in [-0.3, -0.25) is 4.79 Å². The lowest BCUT2D eigenvalue weighted by Gasteiger charge is -2.02. The molecule has 1 aromatic carbocycles. The van der Waals surface area contributed by atoms with E-state index in [1.807, 2.05) is 0 Å². The fourth-order valence-corrected chi connectivity index (χ4v) is 0.948. The molecule has 1 rings (SSSR count). The first-order valence-electron chi connectivity index (χ1n) is 3.68. The van der Waals surface area contributed by atoms with Crippen LogP contribution in [0.25, 0.3) is 0 Å². The van der Waals surface area contributed by atoms with Gasteiger partial charge in [-0.1, -0.05) is 0 Å². The van der Waals surface area contributed by atoms with Crippen LogP contribution in [0, 0.1) is 11.6 Å². The molecule has 0 unspecified atom stereocenters. The highest BCUT2D eigenvalue weighted by molar-refractivity contribution is 6.04. The lowest BCUT2D eigenvalue weighted by Crippen LogP contribution is -2.25. The van der Waals surface area contributed by atoms with E-state index < -0.39 is 29.8 Å². The van der Waals surface area contributed by atoms with Crippen molar-refractivity contribution >= 4 is 11.8 Å². The summed E-state index contributed by atoms with van der Waals surface area (Å²) >= 11 is 0. The molecule has 0 saturated heterocycles. The summed E-state index contributed by atoms with van der Waals surface area (Å²) < 4.78 is 25.1. The predicted molar refractivity (Wildman–Crippen MR) is 40.3 cm³/mol. The van der Waals surface area contributed by atoms with Gasteiger partial charge in [0.1, 0.15) is 11.6 Å². The molecule has 1 aromatic rings. The second kappa shape index (κ2) is 3.95. The first-order valence-corrected chi connectivity index (χ1v) is 3.68. The van der Waals surface area contributed by atoms with Crippen LogP contribution in [0.4, 0.5) is 8.78 Å². The maximum atomic E-state index is 12.6. The number of hydrogen-bond acceptors (Lipinski definition) is 3. The van der Waals surface area contributed by atoms with Crippen LogP contribution in [0.2, 0.25) is 0 Å². The van der Waals surface area contributed by atoms with Crippen molar-refractivity contribution in [1.29, 1.82) is 0 Å². The van der Waals surface area contributed by atoms with Crippen molar-refractivity contribution in [2.45, 2.75) is 6.42 Å². The van der Waals surface area contributed by atoms with Crippen LogP contribution in [0.15, 0.2) is 18.2 Å². The van der Waals surface area contributed by atoms with E-state index in [9.17, 15) is 23.5 Å². The van der Waals surface area contributed by atoms with E-state index in [2.05, 4.69) is 0 Å². The summed E-state index contributed by atoms with van der Waals surface area (Å²) in [4.78, 5) is 21.0. The van der Waals surface area contributed by atoms with Gasteiger partial charge in [0.05, 0.1) is 6.42 Å². The van der Waals surface area contributed by atoms with Gasteiger partial charge < -0.3 is 9.90 Å². The Balaban J connectivity index is 2.95. The van der Waals surface area contributed by atoms with Gasteiger partial charge in [-0.25, -0.2) is 8.78 Å². The number of rotatable bonds is 3. The smallest absolute Gasteiger partial charge is 0.168 e. The maximum Gasteiger partial charge on any atom is 0.168 e. The molecular weight excluding hydrogens is 194 g/mol. The zero-order valence-corrected chi connectivity index (χ0v) is 6.92. The number of carbonyl (C=O) groups excluding carboxylic acids is 2. The zero-order chi connectivity index (χ0) is 10.7. The highest BCUT2D eigenvalue weighted by Crippen LogP contribution is 2.09. The lowest BCUT2D eigenvalue weighted by molar-refractivity contribution is -0.304. The first-order chi connectivity index (χ1) is 6.49. The molecule has 0 saturated carbocycles. The third-order valence-corrected chi connectivity index (χ3v) is 1.49. The molecule has 0 bridgehead atoms. The Morgan fingerprint density at radius 3 is 2.07 bits per heavy atom. The highest BCUT2D eigenvalue weighted by atomic mass is 19.1. The summed E-state index contributed by atoms with van der Waals surface area (Å²) in [5.74, 6) is -4.32. The van der Waals surface area contributed by atoms with Crippen LogP contribution >= 0.6 is 0 Å². The minimum absolute atomic E-state index is 0.313. The van der Waals surface area contributed by atoms with Gasteiger partial charge in [-0.2, -0.15) is 0 Å². The summed E-state index contributed by atoms with van der Waals surface area (Å²) in [6.07, 6.45) is -0.886. The van der Waals surface area contributed by atoms with Crippen molar-refractivity contribution in [3.05, 3.63) is 35.4 Å². The minimum Gasteiger partial charge on any atom is -0.550 e. The number of carbonyl (C=O) groups is 2. The topological polar surface area (TPSA) is 57.2 Å². The Morgan fingerprint density at radius 1 is 1.14 bits per heavy atom. The quantitative estimate of drug-likeness (QED) is 0.519. The number of halogens is 2. The Hall–Kier alpha value is -1.78. The average Bonchev–Trinajstić information content (AvgIpc) is 2.00. The summed E-state index contributed by atoms with van der Waals surface area (Å²) in [7, 11) is 0. The standard InChI is InChI=1S/C9H6F2O3/c10-6-1-5(2-7(11)3-6)8(12)4-9(13)14/h1-3H,4H2,(H,13,14)/p-1. The minimum atomic E-state index is -1.58. The monoisotopic (exact) mass is 199 g/mol. The van der Waals surface area contributed by atoms with Gasteiger partial charge in [0.2, 0.25) is 0 Å². The van der Waals surface area contributed by atoms with Crippen LogP contribution in [0.3, 0.4) is 0 Å². The normalized spacial score (nSPS) is 9.86.